The van der Waals surface area contributed by atoms with Crippen LogP contribution < -0.4 is 15.8 Å². The molecule has 0 bridgehead atoms. The minimum Gasteiger partial charge on any atom is -0.504 e. The van der Waals surface area contributed by atoms with E-state index in [4.69, 9.17) is 10.5 Å². The summed E-state index contributed by atoms with van der Waals surface area (Å²) in [6.07, 6.45) is 0. The minimum atomic E-state index is -0.406. The summed E-state index contributed by atoms with van der Waals surface area (Å²) in [5, 5.41) is 21.5. The van der Waals surface area contributed by atoms with Crippen molar-refractivity contribution in [3.05, 3.63) is 72.3 Å². The van der Waals surface area contributed by atoms with Crippen LogP contribution in [0.3, 0.4) is 0 Å². The second-order valence-corrected chi connectivity index (χ2v) is 5.32. The zero-order valence-electron chi connectivity index (χ0n) is 13.1. The molecule has 0 fully saturated rings. The summed E-state index contributed by atoms with van der Waals surface area (Å²) in [5.74, 6) is -0.0464. The zero-order valence-corrected chi connectivity index (χ0v) is 13.1. The van der Waals surface area contributed by atoms with Gasteiger partial charge in [-0.15, -0.1) is 0 Å². The first kappa shape index (κ1) is 16.2. The van der Waals surface area contributed by atoms with Gasteiger partial charge in [-0.25, -0.2) is 0 Å². The van der Waals surface area contributed by atoms with Crippen molar-refractivity contribution in [1.29, 1.82) is 0 Å². The lowest BCUT2D eigenvalue weighted by Gasteiger charge is -2.12. The van der Waals surface area contributed by atoms with Gasteiger partial charge in [0.25, 0.3) is 5.91 Å². The predicted molar refractivity (Wildman–Crippen MR) is 95.1 cm³/mol. The molecule has 0 saturated carbocycles. The molecular formula is C19H16N2O4. The van der Waals surface area contributed by atoms with Crippen molar-refractivity contribution in [3.8, 4) is 23.0 Å². The van der Waals surface area contributed by atoms with E-state index in [2.05, 4.69) is 5.32 Å². The largest absolute Gasteiger partial charge is 0.504 e. The number of phenols is 2. The van der Waals surface area contributed by atoms with Gasteiger partial charge in [-0.1, -0.05) is 12.1 Å². The molecule has 0 spiro atoms. The van der Waals surface area contributed by atoms with Crippen LogP contribution in [0.4, 0.5) is 11.4 Å². The topological polar surface area (TPSA) is 105 Å². The Labute approximate surface area is 144 Å². The Morgan fingerprint density at radius 2 is 1.64 bits per heavy atom. The third kappa shape index (κ3) is 3.81. The highest BCUT2D eigenvalue weighted by Crippen LogP contribution is 2.29. The van der Waals surface area contributed by atoms with E-state index in [9.17, 15) is 15.0 Å². The van der Waals surface area contributed by atoms with E-state index in [1.165, 1.54) is 18.2 Å². The number of ether oxygens (including phenoxy) is 1. The van der Waals surface area contributed by atoms with Crippen LogP contribution in [0.15, 0.2) is 66.7 Å². The van der Waals surface area contributed by atoms with Crippen LogP contribution in [-0.2, 0) is 0 Å². The van der Waals surface area contributed by atoms with Gasteiger partial charge in [0.2, 0.25) is 0 Å². The summed E-state index contributed by atoms with van der Waals surface area (Å²) in [4.78, 5) is 12.5. The summed E-state index contributed by atoms with van der Waals surface area (Å²) >= 11 is 0. The first-order valence-corrected chi connectivity index (χ1v) is 7.49. The van der Waals surface area contributed by atoms with Gasteiger partial charge < -0.3 is 26.0 Å². The van der Waals surface area contributed by atoms with Crippen LogP contribution >= 0.6 is 0 Å². The number of amides is 1. The molecule has 0 aromatic heterocycles. The maximum atomic E-state index is 12.5. The summed E-state index contributed by atoms with van der Waals surface area (Å²) in [5.41, 5.74) is 6.94. The smallest absolute Gasteiger partial charge is 0.259 e. The Balaban J connectivity index is 1.82. The van der Waals surface area contributed by atoms with Crippen molar-refractivity contribution in [2.45, 2.75) is 0 Å². The number of anilines is 2. The SMILES string of the molecule is Nc1ccc(Oc2ccccc2C(=O)Nc2ccc(O)c(O)c2)cc1. The summed E-state index contributed by atoms with van der Waals surface area (Å²) in [7, 11) is 0. The quantitative estimate of drug-likeness (QED) is 0.330. The second kappa shape index (κ2) is 6.84. The molecule has 6 nitrogen and oxygen atoms in total. The number of hydrogen-bond donors (Lipinski definition) is 4. The first-order chi connectivity index (χ1) is 12.0. The Bertz CT molecular complexity index is 908. The molecular weight excluding hydrogens is 320 g/mol. The fourth-order valence-corrected chi connectivity index (χ4v) is 2.21. The average molecular weight is 336 g/mol. The molecule has 3 aromatic carbocycles. The lowest BCUT2D eigenvalue weighted by molar-refractivity contribution is 0.102. The molecule has 25 heavy (non-hydrogen) atoms. The van der Waals surface area contributed by atoms with Crippen molar-refractivity contribution >= 4 is 17.3 Å². The van der Waals surface area contributed by atoms with Crippen molar-refractivity contribution in [1.82, 2.24) is 0 Å². The molecule has 0 heterocycles. The van der Waals surface area contributed by atoms with Crippen LogP contribution in [0, 0.1) is 0 Å². The third-order valence-corrected chi connectivity index (χ3v) is 3.47. The fourth-order valence-electron chi connectivity index (χ4n) is 2.21. The maximum Gasteiger partial charge on any atom is 0.259 e. The number of carbonyl (C=O) groups is 1. The molecule has 0 aliphatic heterocycles. The standard InChI is InChI=1S/C19H16N2O4/c20-12-5-8-14(9-6-12)25-18-4-2-1-3-15(18)19(24)21-13-7-10-16(22)17(23)11-13/h1-11,22-23H,20H2,(H,21,24). The monoisotopic (exact) mass is 336 g/mol. The normalized spacial score (nSPS) is 10.2. The number of phenolic OH excluding ortho intramolecular Hbond substituents is 2. The van der Waals surface area contributed by atoms with E-state index in [0.29, 0.717) is 28.4 Å². The molecule has 5 N–H and O–H groups in total. The number of benzene rings is 3. The van der Waals surface area contributed by atoms with Crippen molar-refractivity contribution < 1.29 is 19.7 Å². The third-order valence-electron chi connectivity index (χ3n) is 3.47. The van der Waals surface area contributed by atoms with Crippen LogP contribution in [-0.4, -0.2) is 16.1 Å². The molecule has 0 aliphatic carbocycles. The molecule has 1 amide bonds. The van der Waals surface area contributed by atoms with E-state index in [1.807, 2.05) is 0 Å². The summed E-state index contributed by atoms with van der Waals surface area (Å²) in [6.45, 7) is 0. The van der Waals surface area contributed by atoms with Gasteiger partial charge in [0, 0.05) is 17.4 Å². The number of aromatic hydroxyl groups is 2. The van der Waals surface area contributed by atoms with Gasteiger partial charge in [0.15, 0.2) is 11.5 Å². The number of para-hydroxylation sites is 1. The van der Waals surface area contributed by atoms with Gasteiger partial charge in [-0.3, -0.25) is 4.79 Å². The number of nitrogen functional groups attached to an aromatic ring is 1. The number of hydrogen-bond acceptors (Lipinski definition) is 5. The lowest BCUT2D eigenvalue weighted by Crippen LogP contribution is -2.12. The Hall–Kier alpha value is -3.67. The van der Waals surface area contributed by atoms with Crippen molar-refractivity contribution in [2.24, 2.45) is 0 Å². The van der Waals surface area contributed by atoms with Crippen LogP contribution in [0.5, 0.6) is 23.0 Å². The highest BCUT2D eigenvalue weighted by atomic mass is 16.5. The lowest BCUT2D eigenvalue weighted by atomic mass is 10.1. The summed E-state index contributed by atoms with van der Waals surface area (Å²) in [6, 6.07) is 17.7. The Kier molecular flexibility index (Phi) is 4.43. The molecule has 126 valence electrons. The van der Waals surface area contributed by atoms with Gasteiger partial charge in [0.05, 0.1) is 5.56 Å². The van der Waals surface area contributed by atoms with Gasteiger partial charge in [-0.2, -0.15) is 0 Å². The Morgan fingerprint density at radius 1 is 0.920 bits per heavy atom. The predicted octanol–water partition coefficient (Wildman–Crippen LogP) is 3.72. The highest BCUT2D eigenvalue weighted by Gasteiger charge is 2.14. The first-order valence-electron chi connectivity index (χ1n) is 7.49. The molecule has 0 saturated heterocycles. The second-order valence-electron chi connectivity index (χ2n) is 5.32. The molecule has 0 radical (unpaired) electrons. The maximum absolute atomic E-state index is 12.5. The van der Waals surface area contributed by atoms with E-state index >= 15 is 0 Å². The molecule has 0 atom stereocenters. The molecule has 3 aromatic rings. The van der Waals surface area contributed by atoms with E-state index in [0.717, 1.165) is 0 Å². The van der Waals surface area contributed by atoms with Gasteiger partial charge >= 0.3 is 0 Å². The Morgan fingerprint density at radius 3 is 2.36 bits per heavy atom. The van der Waals surface area contributed by atoms with E-state index in [-0.39, 0.29) is 11.5 Å². The highest BCUT2D eigenvalue weighted by molar-refractivity contribution is 6.06. The molecule has 6 heteroatoms. The van der Waals surface area contributed by atoms with Gasteiger partial charge in [0.1, 0.15) is 11.5 Å². The van der Waals surface area contributed by atoms with E-state index in [1.54, 1.807) is 48.5 Å². The van der Waals surface area contributed by atoms with Crippen LogP contribution in [0.25, 0.3) is 0 Å². The molecule has 0 aliphatic rings. The van der Waals surface area contributed by atoms with Crippen LogP contribution in [0.2, 0.25) is 0 Å². The number of nitrogens with two attached hydrogens (primary N) is 1. The van der Waals surface area contributed by atoms with Gasteiger partial charge in [-0.05, 0) is 48.5 Å². The number of rotatable bonds is 4. The molecule has 0 unspecified atom stereocenters. The molecule has 3 rings (SSSR count). The summed E-state index contributed by atoms with van der Waals surface area (Å²) < 4.78 is 5.76. The average Bonchev–Trinajstić information content (AvgIpc) is 2.60. The zero-order chi connectivity index (χ0) is 17.8. The van der Waals surface area contributed by atoms with Crippen LogP contribution in [0.1, 0.15) is 10.4 Å². The van der Waals surface area contributed by atoms with Crippen molar-refractivity contribution in [3.63, 3.8) is 0 Å². The van der Waals surface area contributed by atoms with E-state index < -0.39 is 5.91 Å². The number of carbonyl (C=O) groups excluding carboxylic acids is 1. The number of nitrogens with one attached hydrogen (secondary N) is 1. The van der Waals surface area contributed by atoms with Crippen molar-refractivity contribution in [2.75, 3.05) is 11.1 Å². The fraction of sp³-hybridized carbons (Fsp3) is 0. The minimum absolute atomic E-state index is 0.259.